The molecule has 1 aliphatic rings. The Kier molecular flexibility index (Phi) is 7.54. The largest absolute Gasteiger partial charge is 0.379 e. The van der Waals surface area contributed by atoms with Crippen molar-refractivity contribution in [1.82, 2.24) is 24.4 Å². The molecule has 0 amide bonds. The molecule has 4 rings (SSSR count). The zero-order valence-electron chi connectivity index (χ0n) is 19.5. The molecule has 0 atom stereocenters. The molecule has 8 nitrogen and oxygen atoms in total. The molecule has 2 N–H and O–H groups in total. The lowest BCUT2D eigenvalue weighted by molar-refractivity contribution is 0.0369. The number of benzene rings is 1. The third kappa shape index (κ3) is 5.78. The molecule has 0 spiro atoms. The average Bonchev–Trinajstić information content (AvgIpc) is 3.22. The molecule has 0 unspecified atom stereocenters. The van der Waals surface area contributed by atoms with E-state index in [0.717, 1.165) is 51.5 Å². The first-order valence-corrected chi connectivity index (χ1v) is 11.6. The Morgan fingerprint density at radius 2 is 1.68 bits per heavy atom. The number of nitrogens with zero attached hydrogens (tertiary/aromatic N) is 3. The number of ether oxygens (including phenoxy) is 1. The number of morpholine rings is 1. The van der Waals surface area contributed by atoms with Gasteiger partial charge in [0.1, 0.15) is 16.5 Å². The number of aromatic amines is 2. The minimum absolute atomic E-state index is 0.103. The third-order valence-electron chi connectivity index (χ3n) is 5.88. The number of imidazole rings is 1. The van der Waals surface area contributed by atoms with Crippen LogP contribution in [0.4, 0.5) is 4.39 Å². The van der Waals surface area contributed by atoms with Crippen LogP contribution in [0.25, 0.3) is 12.2 Å². The molecule has 180 valence electrons. The lowest BCUT2D eigenvalue weighted by atomic mass is 10.1. The van der Waals surface area contributed by atoms with Crippen molar-refractivity contribution in [2.45, 2.75) is 32.7 Å². The van der Waals surface area contributed by atoms with Crippen LogP contribution in [-0.4, -0.2) is 57.3 Å². The molecule has 0 bridgehead atoms. The molecular weight excluding hydrogens is 437 g/mol. The van der Waals surface area contributed by atoms with Gasteiger partial charge in [0.05, 0.1) is 25.2 Å². The molecule has 3 aromatic rings. The van der Waals surface area contributed by atoms with Crippen LogP contribution in [0.3, 0.4) is 0 Å². The monoisotopic (exact) mass is 467 g/mol. The second-order valence-corrected chi connectivity index (χ2v) is 8.75. The summed E-state index contributed by atoms with van der Waals surface area (Å²) >= 11 is 0. The van der Waals surface area contributed by atoms with Gasteiger partial charge in [-0.3, -0.25) is 14.5 Å². The fourth-order valence-corrected chi connectivity index (χ4v) is 4.17. The number of aromatic nitrogens is 4. The maximum atomic E-state index is 13.1. The van der Waals surface area contributed by atoms with Gasteiger partial charge in [-0.2, -0.15) is 0 Å². The second kappa shape index (κ2) is 10.8. The smallest absolute Gasteiger partial charge is 0.272 e. The molecule has 9 heteroatoms. The van der Waals surface area contributed by atoms with E-state index in [1.165, 1.54) is 30.3 Å². The van der Waals surface area contributed by atoms with E-state index in [9.17, 15) is 14.0 Å². The first-order valence-electron chi connectivity index (χ1n) is 11.6. The van der Waals surface area contributed by atoms with E-state index in [1.54, 1.807) is 12.4 Å². The van der Waals surface area contributed by atoms with Crippen molar-refractivity contribution in [3.63, 3.8) is 0 Å². The number of hydrogen-bond acceptors (Lipinski definition) is 5. The molecule has 3 heterocycles. The average molecular weight is 468 g/mol. The standard InChI is InChI=1S/C25H30FN5O3/c1-17(2)23-20(27-16-31(23)9-3-8-30-10-12-34-13-11-30)15-22-25(33)28-21(24(32)29-22)14-18-4-6-19(26)7-5-18/h4-7,14-17H,3,8-13H2,1-2H3,(H,28,33)(H,29,32)/b21-14-,22-15-. The van der Waals surface area contributed by atoms with Gasteiger partial charge in [0.15, 0.2) is 0 Å². The Hall–Kier alpha value is -3.30. The maximum absolute atomic E-state index is 13.1. The Balaban J connectivity index is 1.59. The normalized spacial score (nSPS) is 16.0. The van der Waals surface area contributed by atoms with Crippen molar-refractivity contribution in [1.29, 1.82) is 0 Å². The van der Waals surface area contributed by atoms with Crippen molar-refractivity contribution in [3.05, 3.63) is 84.8 Å². The number of nitrogens with one attached hydrogen (secondary N) is 2. The van der Waals surface area contributed by atoms with Crippen LogP contribution in [0.5, 0.6) is 0 Å². The molecule has 1 aliphatic heterocycles. The highest BCUT2D eigenvalue weighted by molar-refractivity contribution is 5.49. The van der Waals surface area contributed by atoms with Crippen LogP contribution in [-0.2, 0) is 11.3 Å². The molecule has 1 saturated heterocycles. The van der Waals surface area contributed by atoms with Crippen molar-refractivity contribution in [2.24, 2.45) is 0 Å². The van der Waals surface area contributed by atoms with Crippen LogP contribution < -0.4 is 21.8 Å². The highest BCUT2D eigenvalue weighted by atomic mass is 19.1. The summed E-state index contributed by atoms with van der Waals surface area (Å²) in [5.41, 5.74) is 1.43. The summed E-state index contributed by atoms with van der Waals surface area (Å²) in [7, 11) is 0. The van der Waals surface area contributed by atoms with Crippen molar-refractivity contribution >= 4 is 12.2 Å². The second-order valence-electron chi connectivity index (χ2n) is 8.75. The topological polar surface area (TPSA) is 96.0 Å². The minimum Gasteiger partial charge on any atom is -0.379 e. The predicted molar refractivity (Wildman–Crippen MR) is 129 cm³/mol. The number of H-pyrrole nitrogens is 2. The summed E-state index contributed by atoms with van der Waals surface area (Å²) in [6.45, 7) is 9.49. The molecule has 2 aromatic heterocycles. The quantitative estimate of drug-likeness (QED) is 0.538. The zero-order valence-corrected chi connectivity index (χ0v) is 19.5. The van der Waals surface area contributed by atoms with Gasteiger partial charge in [-0.05, 0) is 42.2 Å². The van der Waals surface area contributed by atoms with E-state index in [0.29, 0.717) is 11.3 Å². The SMILES string of the molecule is CC(C)c1c(/C=c2\[nH]c(=O)/c(=C/c3ccc(F)cc3)[nH]c2=O)ncn1CCCN1CCOCC1. The van der Waals surface area contributed by atoms with E-state index in [4.69, 9.17) is 4.74 Å². The van der Waals surface area contributed by atoms with Crippen LogP contribution >= 0.6 is 0 Å². The van der Waals surface area contributed by atoms with E-state index in [1.807, 2.05) is 0 Å². The van der Waals surface area contributed by atoms with Crippen LogP contribution in [0.15, 0.2) is 40.2 Å². The van der Waals surface area contributed by atoms with Crippen molar-refractivity contribution in [3.8, 4) is 0 Å². The molecule has 1 fully saturated rings. The predicted octanol–water partition coefficient (Wildman–Crippen LogP) is 0.902. The van der Waals surface area contributed by atoms with Gasteiger partial charge < -0.3 is 19.3 Å². The molecule has 0 aliphatic carbocycles. The number of rotatable bonds is 7. The summed E-state index contributed by atoms with van der Waals surface area (Å²) in [5.74, 6) is -0.181. The Morgan fingerprint density at radius 1 is 1.03 bits per heavy atom. The van der Waals surface area contributed by atoms with E-state index in [2.05, 4.69) is 38.3 Å². The fourth-order valence-electron chi connectivity index (χ4n) is 4.17. The fraction of sp³-hybridized carbons (Fsp3) is 0.400. The Labute approximate surface area is 196 Å². The molecule has 34 heavy (non-hydrogen) atoms. The van der Waals surface area contributed by atoms with E-state index < -0.39 is 11.1 Å². The summed E-state index contributed by atoms with van der Waals surface area (Å²) < 4.78 is 20.6. The van der Waals surface area contributed by atoms with Gasteiger partial charge >= 0.3 is 0 Å². The lowest BCUT2D eigenvalue weighted by Crippen LogP contribution is -2.46. The number of hydrogen-bond donors (Lipinski definition) is 2. The minimum atomic E-state index is -0.439. The van der Waals surface area contributed by atoms with Crippen molar-refractivity contribution in [2.75, 3.05) is 32.8 Å². The molecular formula is C25H30FN5O3. The van der Waals surface area contributed by atoms with Gasteiger partial charge in [0.25, 0.3) is 11.1 Å². The first-order chi connectivity index (χ1) is 16.4. The third-order valence-corrected chi connectivity index (χ3v) is 5.88. The van der Waals surface area contributed by atoms with Crippen LogP contribution in [0, 0.1) is 5.82 Å². The van der Waals surface area contributed by atoms with Crippen LogP contribution in [0.1, 0.15) is 43.1 Å². The van der Waals surface area contributed by atoms with Gasteiger partial charge in [-0.15, -0.1) is 0 Å². The summed E-state index contributed by atoms with van der Waals surface area (Å²) in [5, 5.41) is 0.244. The van der Waals surface area contributed by atoms with Gasteiger partial charge in [0.2, 0.25) is 0 Å². The molecule has 0 saturated carbocycles. The maximum Gasteiger partial charge on any atom is 0.272 e. The summed E-state index contributed by atoms with van der Waals surface area (Å²) in [6, 6.07) is 5.66. The lowest BCUT2D eigenvalue weighted by Gasteiger charge is -2.26. The molecule has 0 radical (unpaired) electrons. The summed E-state index contributed by atoms with van der Waals surface area (Å²) in [6.07, 6.45) is 5.91. The highest BCUT2D eigenvalue weighted by Gasteiger charge is 2.14. The molecule has 1 aromatic carbocycles. The van der Waals surface area contributed by atoms with Gasteiger partial charge in [-0.1, -0.05) is 26.0 Å². The summed E-state index contributed by atoms with van der Waals surface area (Å²) in [4.78, 5) is 37.5. The number of aryl methyl sites for hydroxylation is 1. The first kappa shape index (κ1) is 23.8. The van der Waals surface area contributed by atoms with E-state index >= 15 is 0 Å². The Bertz CT molecular complexity index is 1350. The highest BCUT2D eigenvalue weighted by Crippen LogP contribution is 2.20. The van der Waals surface area contributed by atoms with Gasteiger partial charge in [-0.25, -0.2) is 9.37 Å². The van der Waals surface area contributed by atoms with Crippen molar-refractivity contribution < 1.29 is 9.13 Å². The van der Waals surface area contributed by atoms with Crippen LogP contribution in [0.2, 0.25) is 0 Å². The number of halogens is 1. The van der Waals surface area contributed by atoms with Gasteiger partial charge in [0, 0.05) is 31.9 Å². The Morgan fingerprint density at radius 3 is 2.32 bits per heavy atom. The van der Waals surface area contributed by atoms with E-state index in [-0.39, 0.29) is 22.4 Å². The zero-order chi connectivity index (χ0) is 24.1.